The van der Waals surface area contributed by atoms with Crippen LogP contribution in [-0.2, 0) is 0 Å². The number of nitrogens with zero attached hydrogens (tertiary/aromatic N) is 1. The van der Waals surface area contributed by atoms with Gasteiger partial charge >= 0.3 is 0 Å². The van der Waals surface area contributed by atoms with E-state index in [0.717, 1.165) is 12.0 Å². The van der Waals surface area contributed by atoms with Crippen LogP contribution in [-0.4, -0.2) is 36.1 Å². The molecule has 0 amide bonds. The predicted octanol–water partition coefficient (Wildman–Crippen LogP) is 3.17. The van der Waals surface area contributed by atoms with Gasteiger partial charge in [-0.15, -0.1) is 0 Å². The molecule has 104 valence electrons. The van der Waals surface area contributed by atoms with E-state index in [1.807, 2.05) is 0 Å². The number of rotatable bonds is 2. The van der Waals surface area contributed by atoms with Crippen LogP contribution in [0.1, 0.15) is 64.7 Å². The van der Waals surface area contributed by atoms with Crippen LogP contribution in [0.15, 0.2) is 0 Å². The number of piperidine rings is 2. The topological polar surface area (TPSA) is 15.3 Å². The fraction of sp³-hybridized carbons (Fsp3) is 1.00. The number of likely N-dealkylation sites (tertiary alicyclic amines) is 1. The van der Waals surface area contributed by atoms with Gasteiger partial charge in [-0.2, -0.15) is 0 Å². The summed E-state index contributed by atoms with van der Waals surface area (Å²) in [6.45, 7) is 6.35. The minimum absolute atomic E-state index is 0.400. The molecule has 1 unspecified atom stereocenters. The van der Waals surface area contributed by atoms with Gasteiger partial charge in [-0.05, 0) is 64.5 Å². The Balaban J connectivity index is 1.63. The summed E-state index contributed by atoms with van der Waals surface area (Å²) >= 11 is 0. The van der Waals surface area contributed by atoms with E-state index in [1.54, 1.807) is 0 Å². The third-order valence-corrected chi connectivity index (χ3v) is 5.62. The molecule has 2 aliphatic heterocycles. The van der Waals surface area contributed by atoms with E-state index >= 15 is 0 Å². The third-order valence-electron chi connectivity index (χ3n) is 5.62. The number of fused-ring (bicyclic) bond motifs is 1. The minimum atomic E-state index is 0.400. The average Bonchev–Trinajstić information content (AvgIpc) is 2.40. The van der Waals surface area contributed by atoms with Gasteiger partial charge < -0.3 is 5.32 Å². The highest BCUT2D eigenvalue weighted by atomic mass is 15.2. The lowest BCUT2D eigenvalue weighted by Gasteiger charge is -2.48. The first-order valence-electron chi connectivity index (χ1n) is 8.26. The second-order valence-corrected chi connectivity index (χ2v) is 7.17. The van der Waals surface area contributed by atoms with E-state index in [0.29, 0.717) is 5.54 Å². The van der Waals surface area contributed by atoms with E-state index in [4.69, 9.17) is 0 Å². The third kappa shape index (κ3) is 2.75. The Hall–Kier alpha value is -0.0800. The van der Waals surface area contributed by atoms with Crippen LogP contribution >= 0.6 is 0 Å². The van der Waals surface area contributed by atoms with Crippen molar-refractivity contribution < 1.29 is 0 Å². The Labute approximate surface area is 113 Å². The molecule has 1 aliphatic carbocycles. The number of hydrogen-bond acceptors (Lipinski definition) is 2. The van der Waals surface area contributed by atoms with E-state index in [9.17, 15) is 0 Å². The summed E-state index contributed by atoms with van der Waals surface area (Å²) < 4.78 is 0. The first-order chi connectivity index (χ1) is 8.77. The molecule has 1 saturated carbocycles. The van der Waals surface area contributed by atoms with Crippen molar-refractivity contribution >= 4 is 0 Å². The number of hydrogen-bond donors (Lipinski definition) is 1. The molecular weight excluding hydrogens is 220 g/mol. The van der Waals surface area contributed by atoms with Gasteiger partial charge in [0.2, 0.25) is 0 Å². The Bertz CT molecular complexity index is 268. The normalized spacial score (nSPS) is 42.5. The van der Waals surface area contributed by atoms with Crippen LogP contribution in [0.3, 0.4) is 0 Å². The van der Waals surface area contributed by atoms with Crippen molar-refractivity contribution in [3.63, 3.8) is 0 Å². The Morgan fingerprint density at radius 2 is 1.89 bits per heavy atom. The lowest BCUT2D eigenvalue weighted by molar-refractivity contribution is 0.0333. The lowest BCUT2D eigenvalue weighted by atomic mass is 9.77. The number of nitrogens with one attached hydrogen (secondary N) is 1. The quantitative estimate of drug-likeness (QED) is 0.810. The summed E-state index contributed by atoms with van der Waals surface area (Å²) in [5.41, 5.74) is 0.400. The van der Waals surface area contributed by atoms with Crippen LogP contribution in [0.25, 0.3) is 0 Å². The molecule has 18 heavy (non-hydrogen) atoms. The summed E-state index contributed by atoms with van der Waals surface area (Å²) in [5, 5.41) is 3.80. The predicted molar refractivity (Wildman–Crippen MR) is 76.8 cm³/mol. The van der Waals surface area contributed by atoms with Crippen molar-refractivity contribution in [1.82, 2.24) is 10.2 Å². The van der Waals surface area contributed by atoms with Gasteiger partial charge in [0.25, 0.3) is 0 Å². The summed E-state index contributed by atoms with van der Waals surface area (Å²) in [7, 11) is 0. The molecule has 0 spiro atoms. The second kappa shape index (κ2) is 5.50. The summed E-state index contributed by atoms with van der Waals surface area (Å²) in [4.78, 5) is 2.85. The highest BCUT2D eigenvalue weighted by molar-refractivity contribution is 4.95. The van der Waals surface area contributed by atoms with Gasteiger partial charge in [0, 0.05) is 18.1 Å². The molecule has 2 heterocycles. The average molecular weight is 250 g/mol. The fourth-order valence-electron chi connectivity index (χ4n) is 4.63. The first kappa shape index (κ1) is 12.9. The Kier molecular flexibility index (Phi) is 3.95. The summed E-state index contributed by atoms with van der Waals surface area (Å²) in [6.07, 6.45) is 13.1. The SMILES string of the molecule is CC1(CN2CCC[C@H]3CCCC[C@H]32)CCCCN1. The molecule has 2 heteroatoms. The molecule has 0 bridgehead atoms. The van der Waals surface area contributed by atoms with Crippen LogP contribution in [0.4, 0.5) is 0 Å². The zero-order valence-electron chi connectivity index (χ0n) is 12.1. The molecule has 0 aromatic carbocycles. The molecule has 3 aliphatic rings. The fourth-order valence-corrected chi connectivity index (χ4v) is 4.63. The lowest BCUT2D eigenvalue weighted by Crippen LogP contribution is -2.58. The van der Waals surface area contributed by atoms with E-state index in [2.05, 4.69) is 17.1 Å². The standard InChI is InChI=1S/C16H30N2/c1-16(10-4-5-11-17-16)13-18-12-6-8-14-7-2-3-9-15(14)18/h14-15,17H,2-13H2,1H3/t14-,15-,16?/m1/s1. The highest BCUT2D eigenvalue weighted by Gasteiger charge is 2.37. The molecule has 3 rings (SSSR count). The van der Waals surface area contributed by atoms with Gasteiger partial charge in [0.05, 0.1) is 0 Å². The van der Waals surface area contributed by atoms with Crippen molar-refractivity contribution in [1.29, 1.82) is 0 Å². The molecule has 0 aromatic heterocycles. The van der Waals surface area contributed by atoms with E-state index in [-0.39, 0.29) is 0 Å². The molecule has 2 nitrogen and oxygen atoms in total. The molecule has 3 fully saturated rings. The minimum Gasteiger partial charge on any atom is -0.310 e. The first-order valence-corrected chi connectivity index (χ1v) is 8.26. The van der Waals surface area contributed by atoms with Gasteiger partial charge in [-0.3, -0.25) is 4.90 Å². The van der Waals surface area contributed by atoms with Gasteiger partial charge in [0.1, 0.15) is 0 Å². The summed E-state index contributed by atoms with van der Waals surface area (Å²) in [5.74, 6) is 1.03. The van der Waals surface area contributed by atoms with Crippen molar-refractivity contribution in [3.8, 4) is 0 Å². The maximum atomic E-state index is 3.80. The zero-order valence-corrected chi connectivity index (χ0v) is 12.1. The van der Waals surface area contributed by atoms with Crippen molar-refractivity contribution in [2.24, 2.45) is 5.92 Å². The van der Waals surface area contributed by atoms with Gasteiger partial charge in [-0.25, -0.2) is 0 Å². The molecule has 2 saturated heterocycles. The van der Waals surface area contributed by atoms with E-state index < -0.39 is 0 Å². The largest absolute Gasteiger partial charge is 0.310 e. The van der Waals surface area contributed by atoms with Crippen LogP contribution < -0.4 is 5.32 Å². The highest BCUT2D eigenvalue weighted by Crippen LogP contribution is 2.36. The Morgan fingerprint density at radius 3 is 2.72 bits per heavy atom. The molecule has 0 aromatic rings. The van der Waals surface area contributed by atoms with Crippen molar-refractivity contribution in [3.05, 3.63) is 0 Å². The summed E-state index contributed by atoms with van der Waals surface area (Å²) in [6, 6.07) is 0.924. The molecular formula is C16H30N2. The second-order valence-electron chi connectivity index (χ2n) is 7.17. The Morgan fingerprint density at radius 1 is 1.06 bits per heavy atom. The van der Waals surface area contributed by atoms with E-state index in [1.165, 1.54) is 77.4 Å². The smallest absolute Gasteiger partial charge is 0.0280 e. The monoisotopic (exact) mass is 250 g/mol. The molecule has 1 N–H and O–H groups in total. The van der Waals surface area contributed by atoms with Crippen LogP contribution in [0.5, 0.6) is 0 Å². The van der Waals surface area contributed by atoms with Gasteiger partial charge in [0.15, 0.2) is 0 Å². The zero-order chi connectivity index (χ0) is 12.4. The van der Waals surface area contributed by atoms with Crippen LogP contribution in [0.2, 0.25) is 0 Å². The van der Waals surface area contributed by atoms with Gasteiger partial charge in [-0.1, -0.05) is 19.3 Å². The van der Waals surface area contributed by atoms with Crippen molar-refractivity contribution in [2.45, 2.75) is 76.3 Å². The maximum absolute atomic E-state index is 3.80. The van der Waals surface area contributed by atoms with Crippen molar-refractivity contribution in [2.75, 3.05) is 19.6 Å². The maximum Gasteiger partial charge on any atom is 0.0280 e. The molecule has 0 radical (unpaired) electrons. The van der Waals surface area contributed by atoms with Crippen LogP contribution in [0, 0.1) is 5.92 Å². The molecule has 3 atom stereocenters.